The van der Waals surface area contributed by atoms with Gasteiger partial charge in [0.1, 0.15) is 11.4 Å². The Hall–Kier alpha value is -2.09. The maximum absolute atomic E-state index is 12.1. The number of tetrazole rings is 1. The van der Waals surface area contributed by atoms with Gasteiger partial charge in [-0.25, -0.2) is 0 Å². The van der Waals surface area contributed by atoms with Gasteiger partial charge in [0, 0.05) is 6.04 Å². The molecule has 0 bridgehead atoms. The number of hydrogen-bond donors (Lipinski definition) is 1. The number of benzene rings is 1. The van der Waals surface area contributed by atoms with Gasteiger partial charge in [0.05, 0.1) is 12.4 Å². The Kier molecular flexibility index (Phi) is 4.51. The van der Waals surface area contributed by atoms with Gasteiger partial charge >= 0.3 is 0 Å². The number of carbonyl (C=O) groups is 1. The minimum Gasteiger partial charge on any atom is -0.494 e. The molecule has 1 saturated carbocycles. The largest absolute Gasteiger partial charge is 0.494 e. The molecule has 1 aromatic heterocycles. The van der Waals surface area contributed by atoms with Gasteiger partial charge in [0.15, 0.2) is 0 Å². The lowest BCUT2D eigenvalue weighted by Crippen LogP contribution is -2.32. The second kappa shape index (κ2) is 6.57. The van der Waals surface area contributed by atoms with Crippen molar-refractivity contribution in [3.8, 4) is 11.4 Å². The van der Waals surface area contributed by atoms with Crippen molar-refractivity contribution < 1.29 is 9.53 Å². The molecule has 1 aromatic carbocycles. The van der Waals surface area contributed by atoms with Gasteiger partial charge in [-0.15, -0.1) is 5.10 Å². The molecule has 0 radical (unpaired) electrons. The molecule has 1 heterocycles. The highest BCUT2D eigenvalue weighted by molar-refractivity contribution is 8.00. The summed E-state index contributed by atoms with van der Waals surface area (Å²) >= 11 is 1.33. The molecule has 1 unspecified atom stereocenters. The molecule has 3 rings (SSSR count). The fraction of sp³-hybridized carbons (Fsp3) is 0.467. The highest BCUT2D eigenvalue weighted by Gasteiger charge is 2.27. The van der Waals surface area contributed by atoms with Crippen molar-refractivity contribution in [1.82, 2.24) is 25.5 Å². The zero-order valence-corrected chi connectivity index (χ0v) is 14.1. The smallest absolute Gasteiger partial charge is 0.233 e. The van der Waals surface area contributed by atoms with Crippen LogP contribution in [0.25, 0.3) is 5.69 Å². The number of amides is 1. The fourth-order valence-electron chi connectivity index (χ4n) is 2.13. The molecule has 0 spiro atoms. The molecule has 0 aliphatic heterocycles. The Morgan fingerprint density at radius 3 is 2.96 bits per heavy atom. The van der Waals surface area contributed by atoms with Crippen LogP contribution in [-0.2, 0) is 4.79 Å². The Bertz CT molecular complexity index is 714. The standard InChI is InChI=1S/C15H19N5O2S/c1-9-4-7-13(22-3)12(8-9)20-15(17-18-19-20)23-10(2)14(21)16-11-5-6-11/h4,7-8,10-11H,5-6H2,1-3H3,(H,16,21). The summed E-state index contributed by atoms with van der Waals surface area (Å²) in [5, 5.41) is 15.1. The van der Waals surface area contributed by atoms with Crippen molar-refractivity contribution in [3.63, 3.8) is 0 Å². The van der Waals surface area contributed by atoms with E-state index in [1.54, 1.807) is 11.8 Å². The van der Waals surface area contributed by atoms with E-state index in [-0.39, 0.29) is 11.2 Å². The lowest BCUT2D eigenvalue weighted by molar-refractivity contribution is -0.120. The molecular formula is C15H19N5O2S. The molecule has 122 valence electrons. The summed E-state index contributed by atoms with van der Waals surface area (Å²) in [5.74, 6) is 0.697. The quantitative estimate of drug-likeness (QED) is 0.811. The minimum atomic E-state index is -0.267. The molecule has 1 fully saturated rings. The summed E-state index contributed by atoms with van der Waals surface area (Å²) in [6, 6.07) is 6.14. The summed E-state index contributed by atoms with van der Waals surface area (Å²) in [5.41, 5.74) is 1.83. The van der Waals surface area contributed by atoms with Crippen molar-refractivity contribution in [3.05, 3.63) is 23.8 Å². The van der Waals surface area contributed by atoms with Crippen molar-refractivity contribution in [1.29, 1.82) is 0 Å². The van der Waals surface area contributed by atoms with Crippen LogP contribution >= 0.6 is 11.8 Å². The van der Waals surface area contributed by atoms with Crippen LogP contribution in [0.3, 0.4) is 0 Å². The van der Waals surface area contributed by atoms with Gasteiger partial charge in [-0.2, -0.15) is 4.68 Å². The molecule has 0 saturated heterocycles. The molecule has 1 amide bonds. The maximum atomic E-state index is 12.1. The summed E-state index contributed by atoms with van der Waals surface area (Å²) in [4.78, 5) is 12.1. The number of aryl methyl sites for hydroxylation is 1. The summed E-state index contributed by atoms with van der Waals surface area (Å²) in [6.07, 6.45) is 2.14. The van der Waals surface area contributed by atoms with Crippen LogP contribution in [-0.4, -0.2) is 44.5 Å². The van der Waals surface area contributed by atoms with Crippen LogP contribution in [0.4, 0.5) is 0 Å². The Morgan fingerprint density at radius 1 is 1.48 bits per heavy atom. The lowest BCUT2D eigenvalue weighted by atomic mass is 10.2. The van der Waals surface area contributed by atoms with Gasteiger partial charge in [-0.1, -0.05) is 17.8 Å². The lowest BCUT2D eigenvalue weighted by Gasteiger charge is -2.13. The van der Waals surface area contributed by atoms with Crippen molar-refractivity contribution in [2.75, 3.05) is 7.11 Å². The molecule has 8 heteroatoms. The van der Waals surface area contributed by atoms with E-state index < -0.39 is 0 Å². The minimum absolute atomic E-state index is 0.0169. The average Bonchev–Trinajstić information content (AvgIpc) is 3.23. The van der Waals surface area contributed by atoms with Gasteiger partial charge in [0.25, 0.3) is 0 Å². The van der Waals surface area contributed by atoms with Crippen LogP contribution in [0.15, 0.2) is 23.4 Å². The van der Waals surface area contributed by atoms with E-state index in [1.165, 1.54) is 11.8 Å². The normalized spacial score (nSPS) is 15.3. The van der Waals surface area contributed by atoms with E-state index in [0.717, 1.165) is 24.1 Å². The van der Waals surface area contributed by atoms with Crippen LogP contribution < -0.4 is 10.1 Å². The zero-order chi connectivity index (χ0) is 16.4. The van der Waals surface area contributed by atoms with Crippen LogP contribution in [0, 0.1) is 6.92 Å². The number of methoxy groups -OCH3 is 1. The highest BCUT2D eigenvalue weighted by Crippen LogP contribution is 2.29. The molecule has 1 aliphatic rings. The third kappa shape index (κ3) is 3.64. The average molecular weight is 333 g/mol. The third-order valence-corrected chi connectivity index (χ3v) is 4.61. The Morgan fingerprint density at radius 2 is 2.26 bits per heavy atom. The number of aromatic nitrogens is 4. The number of nitrogens with zero attached hydrogens (tertiary/aromatic N) is 4. The van der Waals surface area contributed by atoms with E-state index in [0.29, 0.717) is 16.9 Å². The molecule has 7 nitrogen and oxygen atoms in total. The first kappa shape index (κ1) is 15.8. The predicted molar refractivity (Wildman–Crippen MR) is 86.9 cm³/mol. The van der Waals surface area contributed by atoms with Gasteiger partial charge < -0.3 is 10.1 Å². The first-order valence-corrected chi connectivity index (χ1v) is 8.37. The van der Waals surface area contributed by atoms with E-state index >= 15 is 0 Å². The van der Waals surface area contributed by atoms with Gasteiger partial charge in [0.2, 0.25) is 11.1 Å². The van der Waals surface area contributed by atoms with Crippen LogP contribution in [0.1, 0.15) is 25.3 Å². The van der Waals surface area contributed by atoms with Crippen molar-refractivity contribution in [2.24, 2.45) is 0 Å². The van der Waals surface area contributed by atoms with Crippen molar-refractivity contribution >= 4 is 17.7 Å². The zero-order valence-electron chi connectivity index (χ0n) is 13.3. The number of nitrogens with one attached hydrogen (secondary N) is 1. The van der Waals surface area contributed by atoms with Gasteiger partial charge in [-0.05, 0) is 54.8 Å². The van der Waals surface area contributed by atoms with E-state index in [9.17, 15) is 4.79 Å². The molecule has 23 heavy (non-hydrogen) atoms. The number of hydrogen-bond acceptors (Lipinski definition) is 6. The molecular weight excluding hydrogens is 314 g/mol. The number of ether oxygens (including phenoxy) is 1. The highest BCUT2D eigenvalue weighted by atomic mass is 32.2. The topological polar surface area (TPSA) is 81.9 Å². The Balaban J connectivity index is 1.82. The number of rotatable bonds is 6. The summed E-state index contributed by atoms with van der Waals surface area (Å²) in [7, 11) is 1.61. The number of thioether (sulfide) groups is 1. The Labute approximate surface area is 138 Å². The first-order valence-electron chi connectivity index (χ1n) is 7.49. The second-order valence-corrected chi connectivity index (χ2v) is 6.90. The van der Waals surface area contributed by atoms with E-state index in [4.69, 9.17) is 4.74 Å². The monoisotopic (exact) mass is 333 g/mol. The molecule has 1 N–H and O–H groups in total. The SMILES string of the molecule is COc1ccc(C)cc1-n1nnnc1SC(C)C(=O)NC1CC1. The summed E-state index contributed by atoms with van der Waals surface area (Å²) < 4.78 is 7.00. The van der Waals surface area contributed by atoms with Gasteiger partial charge in [-0.3, -0.25) is 4.79 Å². The van der Waals surface area contributed by atoms with Crippen molar-refractivity contribution in [2.45, 2.75) is 43.1 Å². The van der Waals surface area contributed by atoms with E-state index in [1.807, 2.05) is 32.0 Å². The first-order chi connectivity index (χ1) is 11.1. The molecule has 1 aliphatic carbocycles. The third-order valence-electron chi connectivity index (χ3n) is 3.58. The van der Waals surface area contributed by atoms with Crippen LogP contribution in [0.2, 0.25) is 0 Å². The van der Waals surface area contributed by atoms with Crippen LogP contribution in [0.5, 0.6) is 5.75 Å². The second-order valence-electron chi connectivity index (χ2n) is 5.59. The van der Waals surface area contributed by atoms with E-state index in [2.05, 4.69) is 20.8 Å². The number of carbonyl (C=O) groups excluding carboxylic acids is 1. The summed E-state index contributed by atoms with van der Waals surface area (Å²) in [6.45, 7) is 3.85. The molecule has 1 atom stereocenters. The predicted octanol–water partition coefficient (Wildman–Crippen LogP) is 1.74. The maximum Gasteiger partial charge on any atom is 0.233 e. The molecule has 2 aromatic rings. The fourth-order valence-corrected chi connectivity index (χ4v) is 2.94.